The van der Waals surface area contributed by atoms with Crippen molar-refractivity contribution < 1.29 is 23.8 Å². The molecule has 0 unspecified atom stereocenters. The smallest absolute Gasteiger partial charge is 0.344 e. The number of carbonyl (C=O) groups is 2. The summed E-state index contributed by atoms with van der Waals surface area (Å²) in [6.07, 6.45) is 2.01. The molecule has 1 amide bonds. The molecule has 0 saturated carbocycles. The van der Waals surface area contributed by atoms with Crippen LogP contribution in [0.25, 0.3) is 0 Å². The quantitative estimate of drug-likeness (QED) is 0.485. The van der Waals surface area contributed by atoms with Crippen molar-refractivity contribution in [2.75, 3.05) is 33.6 Å². The number of likely N-dealkylation sites (N-methyl/N-ethyl adjacent to an activating group) is 1. The molecule has 0 aliphatic carbocycles. The number of benzene rings is 2. The number of carbonyl (C=O) groups excluding carboxylic acids is 2. The van der Waals surface area contributed by atoms with Gasteiger partial charge in [0.25, 0.3) is 5.91 Å². The Balaban J connectivity index is 1.71. The molecular weight excluding hydrogens is 366 g/mol. The summed E-state index contributed by atoms with van der Waals surface area (Å²) < 4.78 is 15.3. The summed E-state index contributed by atoms with van der Waals surface area (Å²) in [5, 5.41) is 0. The minimum Gasteiger partial charge on any atom is -0.497 e. The number of methoxy groups -OCH3 is 1. The molecule has 0 heterocycles. The van der Waals surface area contributed by atoms with Gasteiger partial charge in [0.2, 0.25) is 0 Å². The van der Waals surface area contributed by atoms with E-state index in [0.717, 1.165) is 5.56 Å². The van der Waals surface area contributed by atoms with Crippen LogP contribution in [0.2, 0.25) is 0 Å². The fourth-order valence-corrected chi connectivity index (χ4v) is 2.61. The van der Waals surface area contributed by atoms with Crippen molar-refractivity contribution in [2.24, 2.45) is 0 Å². The van der Waals surface area contributed by atoms with Gasteiger partial charge in [-0.15, -0.1) is 11.8 Å². The predicted octanol–water partition coefficient (Wildman–Crippen LogP) is 3.00. The van der Waals surface area contributed by atoms with Crippen molar-refractivity contribution >= 4 is 23.6 Å². The molecule has 0 N–H and O–H groups in total. The average molecular weight is 389 g/mol. The van der Waals surface area contributed by atoms with Gasteiger partial charge >= 0.3 is 5.97 Å². The number of amides is 1. The number of nitrogens with zero attached hydrogens (tertiary/aromatic N) is 1. The number of hydrogen-bond acceptors (Lipinski definition) is 6. The molecule has 144 valence electrons. The molecule has 0 atom stereocenters. The van der Waals surface area contributed by atoms with E-state index in [9.17, 15) is 9.59 Å². The van der Waals surface area contributed by atoms with Crippen LogP contribution < -0.4 is 9.47 Å². The number of hydrogen-bond donors (Lipinski definition) is 0. The summed E-state index contributed by atoms with van der Waals surface area (Å²) in [6, 6.07) is 14.8. The lowest BCUT2D eigenvalue weighted by Gasteiger charge is -2.17. The van der Waals surface area contributed by atoms with Crippen LogP contribution in [0.4, 0.5) is 0 Å². The van der Waals surface area contributed by atoms with Crippen molar-refractivity contribution in [3.63, 3.8) is 0 Å². The van der Waals surface area contributed by atoms with Crippen LogP contribution in [-0.2, 0) is 20.9 Å². The Morgan fingerprint density at radius 1 is 0.963 bits per heavy atom. The average Bonchev–Trinajstić information content (AvgIpc) is 2.71. The van der Waals surface area contributed by atoms with E-state index in [2.05, 4.69) is 0 Å². The Bertz CT molecular complexity index is 746. The Morgan fingerprint density at radius 3 is 2.19 bits per heavy atom. The van der Waals surface area contributed by atoms with Gasteiger partial charge in [-0.25, -0.2) is 4.79 Å². The molecule has 0 aliphatic heterocycles. The highest BCUT2D eigenvalue weighted by atomic mass is 32.2. The third-order valence-electron chi connectivity index (χ3n) is 3.78. The first-order chi connectivity index (χ1) is 13.0. The number of ether oxygens (including phenoxy) is 3. The summed E-state index contributed by atoms with van der Waals surface area (Å²) in [6.45, 7) is -0.128. The lowest BCUT2D eigenvalue weighted by Crippen LogP contribution is -2.31. The second-order valence-electron chi connectivity index (χ2n) is 5.72. The van der Waals surface area contributed by atoms with Crippen LogP contribution in [0.3, 0.4) is 0 Å². The molecular formula is C20H23NO5S. The minimum atomic E-state index is -0.600. The molecule has 27 heavy (non-hydrogen) atoms. The van der Waals surface area contributed by atoms with Gasteiger partial charge in [0, 0.05) is 18.5 Å². The lowest BCUT2D eigenvalue weighted by molar-refractivity contribution is -0.153. The van der Waals surface area contributed by atoms with E-state index in [1.165, 1.54) is 9.80 Å². The van der Waals surface area contributed by atoms with E-state index in [-0.39, 0.29) is 19.1 Å². The molecule has 0 aliphatic rings. The second kappa shape index (κ2) is 10.5. The SMILES string of the molecule is COc1ccc(OCC(=O)OCC(=O)N(C)Cc2ccc(SC)cc2)cc1. The lowest BCUT2D eigenvalue weighted by atomic mass is 10.2. The van der Waals surface area contributed by atoms with Gasteiger partial charge in [-0.1, -0.05) is 12.1 Å². The highest BCUT2D eigenvalue weighted by Gasteiger charge is 2.13. The van der Waals surface area contributed by atoms with Crippen molar-refractivity contribution in [2.45, 2.75) is 11.4 Å². The first-order valence-corrected chi connectivity index (χ1v) is 9.53. The van der Waals surface area contributed by atoms with E-state index in [0.29, 0.717) is 18.0 Å². The standard InChI is InChI=1S/C20H23NO5S/c1-21(12-15-4-10-18(27-3)11-5-15)19(22)13-26-20(23)14-25-17-8-6-16(24-2)7-9-17/h4-11H,12-14H2,1-3H3. The number of rotatable bonds is 9. The summed E-state index contributed by atoms with van der Waals surface area (Å²) in [5.74, 6) is 0.338. The molecule has 0 aromatic heterocycles. The Morgan fingerprint density at radius 2 is 1.59 bits per heavy atom. The molecule has 2 rings (SSSR count). The normalized spacial score (nSPS) is 10.2. The zero-order chi connectivity index (χ0) is 19.6. The molecule has 0 bridgehead atoms. The van der Waals surface area contributed by atoms with Crippen molar-refractivity contribution in [1.82, 2.24) is 4.90 Å². The highest BCUT2D eigenvalue weighted by molar-refractivity contribution is 7.98. The van der Waals surface area contributed by atoms with Crippen LogP contribution in [0, 0.1) is 0 Å². The van der Waals surface area contributed by atoms with E-state index in [1.54, 1.807) is 50.2 Å². The van der Waals surface area contributed by atoms with Gasteiger partial charge < -0.3 is 19.1 Å². The van der Waals surface area contributed by atoms with E-state index < -0.39 is 5.97 Å². The van der Waals surface area contributed by atoms with Crippen LogP contribution in [0.1, 0.15) is 5.56 Å². The predicted molar refractivity (Wildman–Crippen MR) is 104 cm³/mol. The minimum absolute atomic E-state index is 0.264. The van der Waals surface area contributed by atoms with E-state index in [1.807, 2.05) is 30.5 Å². The highest BCUT2D eigenvalue weighted by Crippen LogP contribution is 2.17. The van der Waals surface area contributed by atoms with Crippen LogP contribution in [-0.4, -0.2) is 50.4 Å². The molecule has 6 nitrogen and oxygen atoms in total. The van der Waals surface area contributed by atoms with Gasteiger partial charge in [-0.3, -0.25) is 4.79 Å². The van der Waals surface area contributed by atoms with Crippen LogP contribution in [0.15, 0.2) is 53.4 Å². The maximum atomic E-state index is 12.1. The largest absolute Gasteiger partial charge is 0.497 e. The first kappa shape index (κ1) is 20.6. The zero-order valence-corrected chi connectivity index (χ0v) is 16.5. The molecule has 7 heteroatoms. The molecule has 0 radical (unpaired) electrons. The monoisotopic (exact) mass is 389 g/mol. The fourth-order valence-electron chi connectivity index (χ4n) is 2.20. The summed E-state index contributed by atoms with van der Waals surface area (Å²) >= 11 is 1.66. The Hall–Kier alpha value is -2.67. The second-order valence-corrected chi connectivity index (χ2v) is 6.60. The third-order valence-corrected chi connectivity index (χ3v) is 4.52. The fraction of sp³-hybridized carbons (Fsp3) is 0.300. The van der Waals surface area contributed by atoms with Gasteiger partial charge in [-0.05, 0) is 48.2 Å². The molecule has 0 fully saturated rings. The summed E-state index contributed by atoms with van der Waals surface area (Å²) in [4.78, 5) is 26.5. The van der Waals surface area contributed by atoms with Crippen LogP contribution >= 0.6 is 11.8 Å². The zero-order valence-electron chi connectivity index (χ0n) is 15.6. The molecule has 0 saturated heterocycles. The van der Waals surface area contributed by atoms with Crippen molar-refractivity contribution in [3.8, 4) is 11.5 Å². The van der Waals surface area contributed by atoms with Crippen molar-refractivity contribution in [1.29, 1.82) is 0 Å². The summed E-state index contributed by atoms with van der Waals surface area (Å²) in [5.41, 5.74) is 1.01. The van der Waals surface area contributed by atoms with Gasteiger partial charge in [0.05, 0.1) is 7.11 Å². The maximum absolute atomic E-state index is 12.1. The Kier molecular flexibility index (Phi) is 8.00. The van der Waals surface area contributed by atoms with Gasteiger partial charge in [-0.2, -0.15) is 0 Å². The van der Waals surface area contributed by atoms with Crippen LogP contribution in [0.5, 0.6) is 11.5 Å². The summed E-state index contributed by atoms with van der Waals surface area (Å²) in [7, 11) is 3.24. The van der Waals surface area contributed by atoms with Gasteiger partial charge in [0.1, 0.15) is 11.5 Å². The molecule has 0 spiro atoms. The van der Waals surface area contributed by atoms with E-state index in [4.69, 9.17) is 14.2 Å². The van der Waals surface area contributed by atoms with Gasteiger partial charge in [0.15, 0.2) is 13.2 Å². The topological polar surface area (TPSA) is 65.1 Å². The molecule has 2 aromatic rings. The third kappa shape index (κ3) is 6.86. The maximum Gasteiger partial charge on any atom is 0.344 e. The first-order valence-electron chi connectivity index (χ1n) is 8.31. The van der Waals surface area contributed by atoms with Crippen molar-refractivity contribution in [3.05, 3.63) is 54.1 Å². The van der Waals surface area contributed by atoms with E-state index >= 15 is 0 Å². The molecule has 2 aromatic carbocycles. The Labute approximate surface area is 163 Å². The number of thioether (sulfide) groups is 1. The number of esters is 1.